The van der Waals surface area contributed by atoms with Gasteiger partial charge in [0.2, 0.25) is 0 Å². The van der Waals surface area contributed by atoms with Gasteiger partial charge in [-0.25, -0.2) is 0 Å². The van der Waals surface area contributed by atoms with E-state index < -0.39 is 5.79 Å². The van der Waals surface area contributed by atoms with Gasteiger partial charge in [0.1, 0.15) is 0 Å². The predicted molar refractivity (Wildman–Crippen MR) is 44.7 cm³/mol. The Balaban J connectivity index is 2.14. The zero-order valence-corrected chi connectivity index (χ0v) is 7.59. The first-order valence-corrected chi connectivity index (χ1v) is 4.35. The highest BCUT2D eigenvalue weighted by molar-refractivity contribution is 4.99. The summed E-state index contributed by atoms with van der Waals surface area (Å²) in [4.78, 5) is 0. The third-order valence-electron chi connectivity index (χ3n) is 2.41. The summed E-state index contributed by atoms with van der Waals surface area (Å²) in [6, 6.07) is -0.0423. The summed E-state index contributed by atoms with van der Waals surface area (Å²) in [5.74, 6) is -0.552. The molecule has 0 aliphatic carbocycles. The molecule has 4 nitrogen and oxygen atoms in total. The second-order valence-corrected chi connectivity index (χ2v) is 4.20. The van der Waals surface area contributed by atoms with Gasteiger partial charge in [0.15, 0.2) is 5.79 Å². The third-order valence-corrected chi connectivity index (χ3v) is 2.41. The molecule has 3 N–H and O–H groups in total. The highest BCUT2D eigenvalue weighted by Crippen LogP contribution is 2.34. The lowest BCUT2D eigenvalue weighted by Crippen LogP contribution is -2.49. The molecule has 0 aromatic carbocycles. The molecule has 4 heteroatoms. The van der Waals surface area contributed by atoms with Gasteiger partial charge in [-0.2, -0.15) is 0 Å². The van der Waals surface area contributed by atoms with Gasteiger partial charge in [0, 0.05) is 6.54 Å². The van der Waals surface area contributed by atoms with Crippen LogP contribution in [0.4, 0.5) is 0 Å². The largest absolute Gasteiger partial charge is 0.344 e. The second-order valence-electron chi connectivity index (χ2n) is 4.20. The van der Waals surface area contributed by atoms with Crippen molar-refractivity contribution in [3.8, 4) is 0 Å². The molecule has 2 fully saturated rings. The SMILES string of the molecule is CC1(C)COC2(CNCC2N)O1. The quantitative estimate of drug-likeness (QED) is 0.514. The summed E-state index contributed by atoms with van der Waals surface area (Å²) in [5.41, 5.74) is 5.69. The predicted octanol–water partition coefficient (Wildman–Crippen LogP) is -0.561. The fraction of sp³-hybridized carbons (Fsp3) is 1.00. The molecule has 70 valence electrons. The topological polar surface area (TPSA) is 56.5 Å². The van der Waals surface area contributed by atoms with Crippen LogP contribution in [0.3, 0.4) is 0 Å². The average Bonchev–Trinajstić information content (AvgIpc) is 2.43. The van der Waals surface area contributed by atoms with Crippen molar-refractivity contribution in [1.29, 1.82) is 0 Å². The molecular formula is C8H16N2O2. The van der Waals surface area contributed by atoms with Crippen LogP contribution in [0.5, 0.6) is 0 Å². The van der Waals surface area contributed by atoms with Crippen molar-refractivity contribution in [3.05, 3.63) is 0 Å². The zero-order valence-electron chi connectivity index (χ0n) is 7.59. The monoisotopic (exact) mass is 172 g/mol. The Kier molecular flexibility index (Phi) is 1.70. The third kappa shape index (κ3) is 1.15. The fourth-order valence-electron chi connectivity index (χ4n) is 1.78. The van der Waals surface area contributed by atoms with E-state index in [1.54, 1.807) is 0 Å². The van der Waals surface area contributed by atoms with Crippen LogP contribution in [0.2, 0.25) is 0 Å². The molecule has 12 heavy (non-hydrogen) atoms. The van der Waals surface area contributed by atoms with Gasteiger partial charge in [0.05, 0.1) is 24.8 Å². The Labute approximate surface area is 72.4 Å². The Hall–Kier alpha value is -0.160. The summed E-state index contributed by atoms with van der Waals surface area (Å²) in [6.07, 6.45) is 0. The van der Waals surface area contributed by atoms with E-state index >= 15 is 0 Å². The lowest BCUT2D eigenvalue weighted by atomic mass is 10.1. The molecule has 2 aliphatic rings. The second kappa shape index (κ2) is 2.42. The van der Waals surface area contributed by atoms with Gasteiger partial charge in [0.25, 0.3) is 0 Å². The van der Waals surface area contributed by atoms with Gasteiger partial charge >= 0.3 is 0 Å². The molecule has 0 amide bonds. The van der Waals surface area contributed by atoms with Crippen molar-refractivity contribution < 1.29 is 9.47 Å². The average molecular weight is 172 g/mol. The van der Waals surface area contributed by atoms with E-state index in [4.69, 9.17) is 15.2 Å². The lowest BCUT2D eigenvalue weighted by molar-refractivity contribution is -0.174. The Morgan fingerprint density at radius 3 is 2.67 bits per heavy atom. The maximum Gasteiger partial charge on any atom is 0.198 e. The van der Waals surface area contributed by atoms with Gasteiger partial charge in [-0.05, 0) is 13.8 Å². The minimum absolute atomic E-state index is 0.0423. The molecule has 2 atom stereocenters. The summed E-state index contributed by atoms with van der Waals surface area (Å²) < 4.78 is 11.4. The molecule has 0 saturated carbocycles. The Bertz CT molecular complexity index is 195. The molecular weight excluding hydrogens is 156 g/mol. The van der Waals surface area contributed by atoms with Crippen LogP contribution in [0.25, 0.3) is 0 Å². The van der Waals surface area contributed by atoms with E-state index in [2.05, 4.69) is 5.32 Å². The van der Waals surface area contributed by atoms with E-state index in [1.807, 2.05) is 13.8 Å². The minimum atomic E-state index is -0.552. The summed E-state index contributed by atoms with van der Waals surface area (Å²) in [5, 5.41) is 3.17. The Morgan fingerprint density at radius 1 is 1.50 bits per heavy atom. The van der Waals surface area contributed by atoms with Crippen molar-refractivity contribution in [2.24, 2.45) is 5.73 Å². The molecule has 1 spiro atoms. The van der Waals surface area contributed by atoms with Gasteiger partial charge in [-0.1, -0.05) is 0 Å². The molecule has 2 unspecified atom stereocenters. The highest BCUT2D eigenvalue weighted by Gasteiger charge is 2.52. The normalized spacial score (nSPS) is 45.8. The van der Waals surface area contributed by atoms with E-state index in [-0.39, 0.29) is 11.6 Å². The van der Waals surface area contributed by atoms with Crippen LogP contribution < -0.4 is 11.1 Å². The molecule has 0 aromatic heterocycles. The van der Waals surface area contributed by atoms with Crippen LogP contribution in [-0.4, -0.2) is 37.1 Å². The first-order valence-electron chi connectivity index (χ1n) is 4.35. The first-order chi connectivity index (χ1) is 5.54. The lowest BCUT2D eigenvalue weighted by Gasteiger charge is -2.27. The van der Waals surface area contributed by atoms with Crippen molar-refractivity contribution in [1.82, 2.24) is 5.32 Å². The van der Waals surface area contributed by atoms with Crippen LogP contribution in [0.15, 0.2) is 0 Å². The smallest absolute Gasteiger partial charge is 0.198 e. The Morgan fingerprint density at radius 2 is 2.25 bits per heavy atom. The summed E-state index contributed by atoms with van der Waals surface area (Å²) in [7, 11) is 0. The van der Waals surface area contributed by atoms with Crippen molar-refractivity contribution in [2.75, 3.05) is 19.7 Å². The van der Waals surface area contributed by atoms with Crippen LogP contribution in [-0.2, 0) is 9.47 Å². The molecule has 2 aliphatic heterocycles. The van der Waals surface area contributed by atoms with E-state index in [9.17, 15) is 0 Å². The molecule has 2 heterocycles. The molecule has 2 rings (SSSR count). The number of rotatable bonds is 0. The first kappa shape index (κ1) is 8.44. The standard InChI is InChI=1S/C8H16N2O2/c1-7(2)5-11-8(12-7)4-10-3-6(8)9/h6,10H,3-5,9H2,1-2H3. The number of ether oxygens (including phenoxy) is 2. The molecule has 2 saturated heterocycles. The minimum Gasteiger partial charge on any atom is -0.344 e. The maximum atomic E-state index is 5.88. The van der Waals surface area contributed by atoms with Gasteiger partial charge in [-0.15, -0.1) is 0 Å². The summed E-state index contributed by atoms with van der Waals surface area (Å²) >= 11 is 0. The summed E-state index contributed by atoms with van der Waals surface area (Å²) in [6.45, 7) is 6.15. The van der Waals surface area contributed by atoms with Crippen LogP contribution >= 0.6 is 0 Å². The molecule has 0 bridgehead atoms. The van der Waals surface area contributed by atoms with Crippen molar-refractivity contribution in [2.45, 2.75) is 31.3 Å². The van der Waals surface area contributed by atoms with Gasteiger partial charge < -0.3 is 20.5 Å². The van der Waals surface area contributed by atoms with E-state index in [1.165, 1.54) is 0 Å². The van der Waals surface area contributed by atoms with Crippen molar-refractivity contribution in [3.63, 3.8) is 0 Å². The maximum absolute atomic E-state index is 5.88. The number of hydrogen-bond donors (Lipinski definition) is 2. The van der Waals surface area contributed by atoms with Crippen molar-refractivity contribution >= 4 is 0 Å². The fourth-order valence-corrected chi connectivity index (χ4v) is 1.78. The number of nitrogens with one attached hydrogen (secondary N) is 1. The number of hydrogen-bond acceptors (Lipinski definition) is 4. The molecule has 0 aromatic rings. The zero-order chi connectivity index (χ0) is 8.82. The number of nitrogens with two attached hydrogens (primary N) is 1. The van der Waals surface area contributed by atoms with Crippen LogP contribution in [0.1, 0.15) is 13.8 Å². The van der Waals surface area contributed by atoms with E-state index in [0.717, 1.165) is 6.54 Å². The molecule has 0 radical (unpaired) electrons. The van der Waals surface area contributed by atoms with Crippen LogP contribution in [0, 0.1) is 0 Å². The van der Waals surface area contributed by atoms with Gasteiger partial charge in [-0.3, -0.25) is 0 Å². The highest BCUT2D eigenvalue weighted by atomic mass is 16.8. The van der Waals surface area contributed by atoms with E-state index in [0.29, 0.717) is 13.2 Å².